The zero-order chi connectivity index (χ0) is 24.2. The first-order chi connectivity index (χ1) is 17.2. The van der Waals surface area contributed by atoms with Gasteiger partial charge in [0.1, 0.15) is 28.6 Å². The van der Waals surface area contributed by atoms with E-state index in [0.717, 1.165) is 23.3 Å². The van der Waals surface area contributed by atoms with Gasteiger partial charge in [0.05, 0.1) is 25.5 Å². The molecule has 35 heavy (non-hydrogen) atoms. The fourth-order valence-electron chi connectivity index (χ4n) is 4.62. The number of carbonyl (C=O) groups excluding carboxylic acids is 1. The molecule has 2 N–H and O–H groups in total. The lowest BCUT2D eigenvalue weighted by atomic mass is 9.95. The summed E-state index contributed by atoms with van der Waals surface area (Å²) in [4.78, 5) is 15.2. The number of aromatic nitrogens is 2. The maximum absolute atomic E-state index is 13.5. The number of benzene rings is 2. The van der Waals surface area contributed by atoms with Crippen molar-refractivity contribution in [1.29, 1.82) is 0 Å². The number of hydrogen-bond acceptors (Lipinski definition) is 5. The number of aromatic hydroxyl groups is 1. The maximum atomic E-state index is 13.5. The monoisotopic (exact) mass is 471 g/mol. The summed E-state index contributed by atoms with van der Waals surface area (Å²) in [5.41, 5.74) is 3.25. The van der Waals surface area contributed by atoms with Crippen LogP contribution in [-0.4, -0.2) is 32.7 Å². The van der Waals surface area contributed by atoms with Crippen molar-refractivity contribution in [3.8, 4) is 22.8 Å². The van der Waals surface area contributed by atoms with Crippen molar-refractivity contribution < 1.29 is 19.1 Å². The Kier molecular flexibility index (Phi) is 6.57. The molecule has 1 atom stereocenters. The number of amides is 1. The van der Waals surface area contributed by atoms with Crippen molar-refractivity contribution in [2.45, 2.75) is 45.2 Å². The quantitative estimate of drug-likeness (QED) is 0.274. The highest BCUT2D eigenvalue weighted by atomic mass is 16.5. The first-order valence-corrected chi connectivity index (χ1v) is 12.1. The Morgan fingerprint density at radius 1 is 1.06 bits per heavy atom. The van der Waals surface area contributed by atoms with Crippen molar-refractivity contribution in [1.82, 2.24) is 15.1 Å². The molecule has 2 aromatic heterocycles. The fourth-order valence-corrected chi connectivity index (χ4v) is 4.62. The molecule has 180 valence electrons. The third-order valence-corrected chi connectivity index (χ3v) is 6.39. The van der Waals surface area contributed by atoms with E-state index in [2.05, 4.69) is 17.1 Å². The van der Waals surface area contributed by atoms with Gasteiger partial charge < -0.3 is 19.2 Å². The Morgan fingerprint density at radius 3 is 2.63 bits per heavy atom. The van der Waals surface area contributed by atoms with E-state index < -0.39 is 6.04 Å². The Hall–Kier alpha value is -4.00. The second-order valence-corrected chi connectivity index (χ2v) is 8.77. The van der Waals surface area contributed by atoms with Crippen LogP contribution in [0.15, 0.2) is 71.3 Å². The van der Waals surface area contributed by atoms with Gasteiger partial charge in [-0.3, -0.25) is 9.89 Å². The summed E-state index contributed by atoms with van der Waals surface area (Å²) in [7, 11) is 0. The average Bonchev–Trinajstić information content (AvgIpc) is 3.60. The number of para-hydroxylation sites is 1. The van der Waals surface area contributed by atoms with Crippen LogP contribution in [0.2, 0.25) is 0 Å². The highest BCUT2D eigenvalue weighted by Gasteiger charge is 2.42. The number of hydrogen-bond donors (Lipinski definition) is 2. The number of ether oxygens (including phenoxy) is 1. The van der Waals surface area contributed by atoms with E-state index in [-0.39, 0.29) is 11.7 Å². The van der Waals surface area contributed by atoms with E-state index in [0.29, 0.717) is 35.9 Å². The Bertz CT molecular complexity index is 1280. The van der Waals surface area contributed by atoms with Crippen LogP contribution in [0.25, 0.3) is 11.3 Å². The first-order valence-electron chi connectivity index (χ1n) is 12.1. The fraction of sp³-hybridized carbons (Fsp3) is 0.286. The predicted octanol–water partition coefficient (Wildman–Crippen LogP) is 6.08. The first kappa shape index (κ1) is 22.8. The number of nitrogens with one attached hydrogen (secondary N) is 1. The molecule has 4 aromatic rings. The largest absolute Gasteiger partial charge is 0.507 e. The Balaban J connectivity index is 1.48. The van der Waals surface area contributed by atoms with Crippen LogP contribution < -0.4 is 4.74 Å². The van der Waals surface area contributed by atoms with E-state index in [4.69, 9.17) is 9.15 Å². The molecule has 7 nitrogen and oxygen atoms in total. The van der Waals surface area contributed by atoms with Crippen LogP contribution in [0.1, 0.15) is 66.0 Å². The molecule has 2 aromatic carbocycles. The summed E-state index contributed by atoms with van der Waals surface area (Å²) in [6, 6.07) is 18.2. The number of nitrogens with zero attached hydrogens (tertiary/aromatic N) is 2. The summed E-state index contributed by atoms with van der Waals surface area (Å²) in [6.45, 7) is 3.20. The molecule has 0 spiro atoms. The molecule has 0 bridgehead atoms. The normalized spacial score (nSPS) is 14.9. The Morgan fingerprint density at radius 2 is 1.89 bits per heavy atom. The van der Waals surface area contributed by atoms with E-state index in [9.17, 15) is 9.90 Å². The van der Waals surface area contributed by atoms with Crippen molar-refractivity contribution in [2.75, 3.05) is 6.61 Å². The molecule has 0 unspecified atom stereocenters. The maximum Gasteiger partial charge on any atom is 0.273 e. The van der Waals surface area contributed by atoms with Crippen LogP contribution in [0, 0.1) is 0 Å². The second kappa shape index (κ2) is 10.1. The number of H-pyrrole nitrogens is 1. The van der Waals surface area contributed by atoms with Crippen LogP contribution in [0.5, 0.6) is 11.5 Å². The lowest BCUT2D eigenvalue weighted by Crippen LogP contribution is -2.28. The lowest BCUT2D eigenvalue weighted by Gasteiger charge is -2.25. The van der Waals surface area contributed by atoms with E-state index in [1.54, 1.807) is 29.4 Å². The number of phenolic OH excluding ortho intramolecular Hbond substituents is 1. The van der Waals surface area contributed by atoms with Gasteiger partial charge in [0.15, 0.2) is 0 Å². The minimum Gasteiger partial charge on any atom is -0.507 e. The van der Waals surface area contributed by atoms with Gasteiger partial charge in [-0.15, -0.1) is 0 Å². The van der Waals surface area contributed by atoms with Crippen LogP contribution in [-0.2, 0) is 6.54 Å². The average molecular weight is 472 g/mol. The minimum atomic E-state index is -0.394. The van der Waals surface area contributed by atoms with E-state index >= 15 is 0 Å². The molecule has 7 heteroatoms. The molecule has 1 aliphatic heterocycles. The van der Waals surface area contributed by atoms with Crippen molar-refractivity contribution in [3.63, 3.8) is 0 Å². The summed E-state index contributed by atoms with van der Waals surface area (Å²) in [5, 5.41) is 17.8. The van der Waals surface area contributed by atoms with Gasteiger partial charge in [-0.05, 0) is 48.4 Å². The topological polar surface area (TPSA) is 91.6 Å². The summed E-state index contributed by atoms with van der Waals surface area (Å²) in [6.07, 6.45) is 6.22. The smallest absolute Gasteiger partial charge is 0.273 e. The summed E-state index contributed by atoms with van der Waals surface area (Å²) in [5.74, 6) is 1.45. The zero-order valence-corrected chi connectivity index (χ0v) is 19.7. The number of fused-ring (bicyclic) bond motifs is 1. The predicted molar refractivity (Wildman–Crippen MR) is 132 cm³/mol. The minimum absolute atomic E-state index is 0.115. The van der Waals surface area contributed by atoms with Gasteiger partial charge in [-0.2, -0.15) is 5.10 Å². The van der Waals surface area contributed by atoms with Crippen molar-refractivity contribution in [3.05, 3.63) is 89.5 Å². The molecular formula is C28H29N3O4. The third-order valence-electron chi connectivity index (χ3n) is 6.39. The molecule has 0 aliphatic carbocycles. The highest BCUT2D eigenvalue weighted by Crippen LogP contribution is 2.45. The van der Waals surface area contributed by atoms with Crippen LogP contribution in [0.4, 0.5) is 0 Å². The zero-order valence-electron chi connectivity index (χ0n) is 19.7. The van der Waals surface area contributed by atoms with Gasteiger partial charge >= 0.3 is 0 Å². The molecule has 0 saturated carbocycles. The van der Waals surface area contributed by atoms with Crippen LogP contribution >= 0.6 is 0 Å². The van der Waals surface area contributed by atoms with Crippen LogP contribution in [0.3, 0.4) is 0 Å². The number of carbonyl (C=O) groups is 1. The number of unbranched alkanes of at least 4 members (excludes halogenated alkanes) is 3. The lowest BCUT2D eigenvalue weighted by molar-refractivity contribution is 0.0717. The number of furan rings is 1. The summed E-state index contributed by atoms with van der Waals surface area (Å²) >= 11 is 0. The summed E-state index contributed by atoms with van der Waals surface area (Å²) < 4.78 is 11.5. The SMILES string of the molecule is CCCCCCOc1ccc([C@@H]2c3c(-c4ccccc4O)n[nH]c3C(=O)N2Cc2ccco2)cc1. The number of rotatable bonds is 10. The third kappa shape index (κ3) is 4.54. The van der Waals surface area contributed by atoms with Crippen molar-refractivity contribution in [2.24, 2.45) is 0 Å². The van der Waals surface area contributed by atoms with Gasteiger partial charge in [0.2, 0.25) is 0 Å². The number of phenols is 1. The molecule has 1 aliphatic rings. The van der Waals surface area contributed by atoms with Gasteiger partial charge in [0, 0.05) is 11.1 Å². The Labute approximate surface area is 204 Å². The van der Waals surface area contributed by atoms with E-state index in [1.165, 1.54) is 19.3 Å². The second-order valence-electron chi connectivity index (χ2n) is 8.77. The number of aromatic amines is 1. The molecule has 0 saturated heterocycles. The molecule has 0 fully saturated rings. The standard InChI is InChI=1S/C28H29N3O4/c1-2-3-4-7-16-34-20-14-12-19(13-15-20)27-24-25(22-10-5-6-11-23(22)32)29-30-26(24)28(33)31(27)18-21-9-8-17-35-21/h5-6,8-15,17,27,32H,2-4,7,16,18H2,1H3,(H,29,30)/t27-/m1/s1. The van der Waals surface area contributed by atoms with Crippen molar-refractivity contribution >= 4 is 5.91 Å². The van der Waals surface area contributed by atoms with Gasteiger partial charge in [-0.1, -0.05) is 50.5 Å². The van der Waals surface area contributed by atoms with Gasteiger partial charge in [0.25, 0.3) is 5.91 Å². The molecule has 5 rings (SSSR count). The van der Waals surface area contributed by atoms with Gasteiger partial charge in [-0.25, -0.2) is 0 Å². The van der Waals surface area contributed by atoms with E-state index in [1.807, 2.05) is 42.5 Å². The molecular weight excluding hydrogens is 442 g/mol. The molecule has 3 heterocycles. The molecule has 1 amide bonds. The molecule has 0 radical (unpaired) electrons. The highest BCUT2D eigenvalue weighted by molar-refractivity contribution is 6.00.